The van der Waals surface area contributed by atoms with Gasteiger partial charge in [0.2, 0.25) is 0 Å². The van der Waals surface area contributed by atoms with Gasteiger partial charge in [0.25, 0.3) is 0 Å². The summed E-state index contributed by atoms with van der Waals surface area (Å²) in [7, 11) is 0. The van der Waals surface area contributed by atoms with Gasteiger partial charge in [-0.2, -0.15) is 0 Å². The number of benzene rings is 7. The fourth-order valence-corrected chi connectivity index (χ4v) is 6.44. The molecule has 0 fully saturated rings. The first-order valence-corrected chi connectivity index (χ1v) is 15.0. The Hall–Kier alpha value is -6.13. The Labute approximate surface area is 259 Å². The summed E-state index contributed by atoms with van der Waals surface area (Å²) < 4.78 is 6.46. The van der Waals surface area contributed by atoms with Crippen molar-refractivity contribution in [2.75, 3.05) is 0 Å². The van der Waals surface area contributed by atoms with Crippen molar-refractivity contribution in [3.8, 4) is 45.3 Å². The van der Waals surface area contributed by atoms with Crippen molar-refractivity contribution in [1.82, 2.24) is 15.0 Å². The van der Waals surface area contributed by atoms with Crippen LogP contribution < -0.4 is 0 Å². The summed E-state index contributed by atoms with van der Waals surface area (Å²) in [6.45, 7) is 0. The van der Waals surface area contributed by atoms with Gasteiger partial charge in [-0.15, -0.1) is 0 Å². The number of nitrogens with zero attached hydrogens (tertiary/aromatic N) is 3. The second-order valence-corrected chi connectivity index (χ2v) is 11.2. The van der Waals surface area contributed by atoms with Crippen LogP contribution in [0.2, 0.25) is 0 Å². The summed E-state index contributed by atoms with van der Waals surface area (Å²) >= 11 is 0. The van der Waals surface area contributed by atoms with Crippen LogP contribution in [-0.4, -0.2) is 15.0 Å². The van der Waals surface area contributed by atoms with Crippen LogP contribution in [0.3, 0.4) is 0 Å². The lowest BCUT2D eigenvalue weighted by atomic mass is 9.89. The molecule has 4 nitrogen and oxygen atoms in total. The molecule has 2 aromatic heterocycles. The smallest absolute Gasteiger partial charge is 0.164 e. The number of hydrogen-bond donors (Lipinski definition) is 0. The number of furan rings is 1. The molecule has 0 saturated carbocycles. The molecule has 210 valence electrons. The summed E-state index contributed by atoms with van der Waals surface area (Å²) in [6, 6.07) is 52.1. The predicted octanol–water partition coefficient (Wildman–Crippen LogP) is 10.7. The minimum Gasteiger partial charge on any atom is -0.455 e. The summed E-state index contributed by atoms with van der Waals surface area (Å²) in [5.74, 6) is 1.91. The molecule has 7 aromatic carbocycles. The van der Waals surface area contributed by atoms with E-state index in [0.29, 0.717) is 17.5 Å². The van der Waals surface area contributed by atoms with Gasteiger partial charge in [0.15, 0.2) is 17.5 Å². The summed E-state index contributed by atoms with van der Waals surface area (Å²) in [5, 5.41) is 6.71. The second-order valence-electron chi connectivity index (χ2n) is 11.2. The van der Waals surface area contributed by atoms with E-state index in [1.165, 1.54) is 0 Å². The first-order valence-electron chi connectivity index (χ1n) is 15.0. The predicted molar refractivity (Wildman–Crippen MR) is 184 cm³/mol. The molecule has 0 unspecified atom stereocenters. The molecule has 4 heteroatoms. The van der Waals surface area contributed by atoms with Gasteiger partial charge >= 0.3 is 0 Å². The Morgan fingerprint density at radius 3 is 1.69 bits per heavy atom. The van der Waals surface area contributed by atoms with Gasteiger partial charge in [0.05, 0.1) is 0 Å². The molecular formula is C41H25N3O. The molecule has 0 spiro atoms. The van der Waals surface area contributed by atoms with E-state index in [4.69, 9.17) is 19.4 Å². The fraction of sp³-hybridized carbons (Fsp3) is 0. The van der Waals surface area contributed by atoms with Gasteiger partial charge in [-0.25, -0.2) is 15.0 Å². The monoisotopic (exact) mass is 575 g/mol. The van der Waals surface area contributed by atoms with Gasteiger partial charge < -0.3 is 4.42 Å². The maximum absolute atomic E-state index is 6.46. The lowest BCUT2D eigenvalue weighted by Gasteiger charge is -2.16. The zero-order valence-electron chi connectivity index (χ0n) is 24.2. The minimum atomic E-state index is 0.630. The molecule has 9 rings (SSSR count). The molecule has 0 radical (unpaired) electrons. The Kier molecular flexibility index (Phi) is 5.78. The average molecular weight is 576 g/mol. The van der Waals surface area contributed by atoms with E-state index >= 15 is 0 Å². The van der Waals surface area contributed by atoms with Crippen LogP contribution in [0.5, 0.6) is 0 Å². The topological polar surface area (TPSA) is 51.8 Å². The maximum atomic E-state index is 6.46. The molecule has 0 N–H and O–H groups in total. The van der Waals surface area contributed by atoms with E-state index in [9.17, 15) is 0 Å². The molecule has 0 amide bonds. The van der Waals surface area contributed by atoms with E-state index in [1.54, 1.807) is 0 Å². The second kappa shape index (κ2) is 10.2. The largest absolute Gasteiger partial charge is 0.455 e. The van der Waals surface area contributed by atoms with Crippen molar-refractivity contribution < 1.29 is 4.42 Å². The van der Waals surface area contributed by atoms with Crippen molar-refractivity contribution in [2.24, 2.45) is 0 Å². The van der Waals surface area contributed by atoms with Crippen LogP contribution in [0.4, 0.5) is 0 Å². The Morgan fingerprint density at radius 1 is 0.356 bits per heavy atom. The maximum Gasteiger partial charge on any atom is 0.164 e. The molecule has 0 saturated heterocycles. The Bertz CT molecular complexity index is 2480. The van der Waals surface area contributed by atoms with Gasteiger partial charge in [0, 0.05) is 38.4 Å². The number of para-hydroxylation sites is 1. The number of aromatic nitrogens is 3. The zero-order chi connectivity index (χ0) is 29.7. The Morgan fingerprint density at radius 2 is 0.933 bits per heavy atom. The highest BCUT2D eigenvalue weighted by molar-refractivity contribution is 6.19. The van der Waals surface area contributed by atoms with Crippen LogP contribution in [0.25, 0.3) is 88.8 Å². The minimum absolute atomic E-state index is 0.630. The highest BCUT2D eigenvalue weighted by atomic mass is 16.3. The third-order valence-electron chi connectivity index (χ3n) is 8.54. The molecular weight excluding hydrogens is 550 g/mol. The van der Waals surface area contributed by atoms with Crippen LogP contribution in [-0.2, 0) is 0 Å². The van der Waals surface area contributed by atoms with Crippen molar-refractivity contribution in [3.05, 3.63) is 152 Å². The molecule has 0 aliphatic carbocycles. The van der Waals surface area contributed by atoms with E-state index in [0.717, 1.165) is 71.3 Å². The zero-order valence-corrected chi connectivity index (χ0v) is 24.2. The van der Waals surface area contributed by atoms with E-state index < -0.39 is 0 Å². The quantitative estimate of drug-likeness (QED) is 0.209. The summed E-state index contributed by atoms with van der Waals surface area (Å²) in [4.78, 5) is 15.2. The molecule has 9 aromatic rings. The third kappa shape index (κ3) is 4.19. The molecule has 0 atom stereocenters. The molecule has 0 aliphatic rings. The van der Waals surface area contributed by atoms with Crippen LogP contribution in [0.15, 0.2) is 156 Å². The van der Waals surface area contributed by atoms with Crippen LogP contribution in [0, 0.1) is 0 Å². The van der Waals surface area contributed by atoms with E-state index in [1.807, 2.05) is 72.8 Å². The molecule has 0 bridgehead atoms. The van der Waals surface area contributed by atoms with Gasteiger partial charge in [-0.3, -0.25) is 0 Å². The first kappa shape index (κ1) is 25.4. The van der Waals surface area contributed by atoms with E-state index in [2.05, 4.69) is 78.9 Å². The first-order chi connectivity index (χ1) is 22.3. The molecule has 2 heterocycles. The average Bonchev–Trinajstić information content (AvgIpc) is 3.51. The number of fused-ring (bicyclic) bond motifs is 6. The highest BCUT2D eigenvalue weighted by Crippen LogP contribution is 2.43. The van der Waals surface area contributed by atoms with Gasteiger partial charge in [-0.1, -0.05) is 133 Å². The van der Waals surface area contributed by atoms with E-state index in [-0.39, 0.29) is 0 Å². The standard InChI is InChI=1S/C41H25N3O/c1-3-13-27(14-4-1)39-42-40(28-15-5-2-6-16-28)44-41(43-39)35-23-22-26-12-7-8-17-29(26)37(35)32-19-11-20-33-30(32)24-25-34-31-18-9-10-21-36(31)45-38(33)34/h1-25H. The van der Waals surface area contributed by atoms with Crippen molar-refractivity contribution in [3.63, 3.8) is 0 Å². The Balaban J connectivity index is 1.36. The van der Waals surface area contributed by atoms with Gasteiger partial charge in [0.1, 0.15) is 11.2 Å². The number of hydrogen-bond acceptors (Lipinski definition) is 4. The van der Waals surface area contributed by atoms with Crippen LogP contribution in [0.1, 0.15) is 0 Å². The lowest BCUT2D eigenvalue weighted by molar-refractivity contribution is 0.672. The summed E-state index contributed by atoms with van der Waals surface area (Å²) in [5.41, 5.74) is 6.81. The summed E-state index contributed by atoms with van der Waals surface area (Å²) in [6.07, 6.45) is 0. The van der Waals surface area contributed by atoms with Crippen molar-refractivity contribution in [2.45, 2.75) is 0 Å². The van der Waals surface area contributed by atoms with Crippen molar-refractivity contribution >= 4 is 43.5 Å². The molecule has 0 aliphatic heterocycles. The van der Waals surface area contributed by atoms with Crippen molar-refractivity contribution in [1.29, 1.82) is 0 Å². The lowest BCUT2D eigenvalue weighted by Crippen LogP contribution is -2.01. The number of rotatable bonds is 4. The van der Waals surface area contributed by atoms with Gasteiger partial charge in [-0.05, 0) is 39.9 Å². The third-order valence-corrected chi connectivity index (χ3v) is 8.54. The molecule has 45 heavy (non-hydrogen) atoms. The van der Waals surface area contributed by atoms with Crippen LogP contribution >= 0.6 is 0 Å². The normalized spacial score (nSPS) is 11.6. The highest BCUT2D eigenvalue weighted by Gasteiger charge is 2.20. The fourth-order valence-electron chi connectivity index (χ4n) is 6.44. The SMILES string of the molecule is c1ccc(-c2nc(-c3ccccc3)nc(-c3ccc4ccccc4c3-c3cccc4c3ccc3c5ccccc5oc43)n2)cc1.